The maximum absolute atomic E-state index is 12.0. The molecule has 0 aromatic heterocycles. The fraction of sp³-hybridized carbons (Fsp3) is 0.917. The smallest absolute Gasteiger partial charge is 0.236 e. The summed E-state index contributed by atoms with van der Waals surface area (Å²) >= 11 is 3.40. The highest BCUT2D eigenvalue weighted by Crippen LogP contribution is 2.35. The van der Waals surface area contributed by atoms with Gasteiger partial charge in [0.25, 0.3) is 0 Å². The van der Waals surface area contributed by atoms with E-state index in [2.05, 4.69) is 20.8 Å². The van der Waals surface area contributed by atoms with Crippen molar-refractivity contribution in [2.24, 2.45) is 5.92 Å². The van der Waals surface area contributed by atoms with Crippen molar-refractivity contribution >= 4 is 21.8 Å². The maximum Gasteiger partial charge on any atom is 0.236 e. The Morgan fingerprint density at radius 2 is 1.93 bits per heavy atom. The van der Waals surface area contributed by atoms with Gasteiger partial charge in [0.05, 0.1) is 4.83 Å². The number of nitrogens with zero attached hydrogens (tertiary/aromatic N) is 1. The molecule has 1 unspecified atom stereocenters. The number of hydrogen-bond donors (Lipinski definition) is 0. The number of carbonyl (C=O) groups is 1. The van der Waals surface area contributed by atoms with Crippen LogP contribution >= 0.6 is 15.9 Å². The fourth-order valence-corrected chi connectivity index (χ4v) is 3.39. The summed E-state index contributed by atoms with van der Waals surface area (Å²) in [6.07, 6.45) is 7.79. The zero-order valence-electron chi connectivity index (χ0n) is 9.42. The molecule has 1 saturated heterocycles. The van der Waals surface area contributed by atoms with Gasteiger partial charge in [-0.15, -0.1) is 0 Å². The van der Waals surface area contributed by atoms with E-state index < -0.39 is 0 Å². The molecule has 1 heterocycles. The Bertz CT molecular complexity index is 240. The number of carbonyl (C=O) groups excluding carboxylic acids is 1. The highest BCUT2D eigenvalue weighted by molar-refractivity contribution is 9.10. The van der Waals surface area contributed by atoms with Crippen LogP contribution < -0.4 is 0 Å². The van der Waals surface area contributed by atoms with Crippen molar-refractivity contribution in [3.05, 3.63) is 0 Å². The lowest BCUT2D eigenvalue weighted by Gasteiger charge is -2.44. The molecule has 2 rings (SSSR count). The Balaban J connectivity index is 2.06. The van der Waals surface area contributed by atoms with E-state index in [1.54, 1.807) is 0 Å². The molecule has 3 heteroatoms. The number of likely N-dealkylation sites (tertiary alicyclic amines) is 1. The van der Waals surface area contributed by atoms with Crippen LogP contribution in [-0.4, -0.2) is 28.2 Å². The summed E-state index contributed by atoms with van der Waals surface area (Å²) in [5.74, 6) is 1.09. The van der Waals surface area contributed by atoms with Gasteiger partial charge in [-0.05, 0) is 38.5 Å². The van der Waals surface area contributed by atoms with Crippen LogP contribution in [0.5, 0.6) is 0 Å². The molecule has 1 amide bonds. The van der Waals surface area contributed by atoms with Crippen molar-refractivity contribution in [3.8, 4) is 0 Å². The molecule has 0 aromatic carbocycles. The molecule has 1 aliphatic carbocycles. The van der Waals surface area contributed by atoms with Gasteiger partial charge in [0.15, 0.2) is 0 Å². The number of rotatable bonds is 1. The topological polar surface area (TPSA) is 20.3 Å². The summed E-state index contributed by atoms with van der Waals surface area (Å²) in [7, 11) is 0. The number of fused-ring (bicyclic) bond motifs is 1. The second-order valence-corrected chi connectivity index (χ2v) is 6.28. The highest BCUT2D eigenvalue weighted by atomic mass is 79.9. The lowest BCUT2D eigenvalue weighted by atomic mass is 9.78. The highest BCUT2D eigenvalue weighted by Gasteiger charge is 2.36. The van der Waals surface area contributed by atoms with Gasteiger partial charge < -0.3 is 4.90 Å². The molecule has 15 heavy (non-hydrogen) atoms. The summed E-state index contributed by atoms with van der Waals surface area (Å²) in [6.45, 7) is 2.92. The summed E-state index contributed by atoms with van der Waals surface area (Å²) < 4.78 is 0. The van der Waals surface area contributed by atoms with Crippen molar-refractivity contribution in [1.29, 1.82) is 0 Å². The molecule has 1 saturated carbocycles. The van der Waals surface area contributed by atoms with Gasteiger partial charge in [-0.1, -0.05) is 28.8 Å². The third-order valence-corrected chi connectivity index (χ3v) is 4.26. The molecular weight excluding hydrogens is 254 g/mol. The van der Waals surface area contributed by atoms with E-state index in [0.29, 0.717) is 11.9 Å². The first-order valence-electron chi connectivity index (χ1n) is 6.14. The van der Waals surface area contributed by atoms with Crippen molar-refractivity contribution in [2.75, 3.05) is 6.54 Å². The summed E-state index contributed by atoms with van der Waals surface area (Å²) in [5.41, 5.74) is 0. The molecule has 2 nitrogen and oxygen atoms in total. The standard InChI is InChI=1S/C12H20BrNO/c1-9(13)12(15)14-8-4-6-10-5-2-3-7-11(10)14/h9-11H,2-8H2,1H3/t9?,10-,11-/m1/s1. The normalized spacial score (nSPS) is 33.3. The fourth-order valence-electron chi connectivity index (χ4n) is 3.13. The van der Waals surface area contributed by atoms with Crippen molar-refractivity contribution < 1.29 is 4.79 Å². The van der Waals surface area contributed by atoms with E-state index in [9.17, 15) is 4.79 Å². The minimum atomic E-state index is -0.0156. The number of hydrogen-bond acceptors (Lipinski definition) is 1. The van der Waals surface area contributed by atoms with Gasteiger partial charge in [0, 0.05) is 12.6 Å². The predicted molar refractivity (Wildman–Crippen MR) is 65.1 cm³/mol. The van der Waals surface area contributed by atoms with Gasteiger partial charge in [-0.3, -0.25) is 4.79 Å². The van der Waals surface area contributed by atoms with Crippen LogP contribution in [0.15, 0.2) is 0 Å². The lowest BCUT2D eigenvalue weighted by molar-refractivity contribution is -0.136. The molecule has 2 aliphatic rings. The number of piperidine rings is 1. The van der Waals surface area contributed by atoms with Crippen molar-refractivity contribution in [3.63, 3.8) is 0 Å². The van der Waals surface area contributed by atoms with Crippen LogP contribution in [-0.2, 0) is 4.79 Å². The van der Waals surface area contributed by atoms with E-state index in [0.717, 1.165) is 12.5 Å². The van der Waals surface area contributed by atoms with Gasteiger partial charge in [0.1, 0.15) is 0 Å². The van der Waals surface area contributed by atoms with E-state index in [1.165, 1.54) is 38.5 Å². The minimum absolute atomic E-state index is 0.0156. The number of halogens is 1. The number of amides is 1. The van der Waals surface area contributed by atoms with E-state index in [1.807, 2.05) is 6.92 Å². The predicted octanol–water partition coefficient (Wildman–Crippen LogP) is 2.95. The Kier molecular flexibility index (Phi) is 3.70. The molecule has 1 aliphatic heterocycles. The van der Waals surface area contributed by atoms with Crippen molar-refractivity contribution in [1.82, 2.24) is 4.90 Å². The second-order valence-electron chi connectivity index (χ2n) is 4.90. The first kappa shape index (κ1) is 11.4. The molecule has 0 spiro atoms. The monoisotopic (exact) mass is 273 g/mol. The average molecular weight is 274 g/mol. The van der Waals surface area contributed by atoms with Crippen LogP contribution in [0.25, 0.3) is 0 Å². The molecule has 2 fully saturated rings. The Morgan fingerprint density at radius 3 is 2.67 bits per heavy atom. The molecule has 0 N–H and O–H groups in total. The van der Waals surface area contributed by atoms with Crippen LogP contribution in [0, 0.1) is 5.92 Å². The molecule has 0 radical (unpaired) electrons. The summed E-state index contributed by atoms with van der Waals surface area (Å²) in [4.78, 5) is 14.2. The molecule has 0 bridgehead atoms. The Hall–Kier alpha value is -0.0500. The van der Waals surface area contributed by atoms with E-state index in [4.69, 9.17) is 0 Å². The van der Waals surface area contributed by atoms with Crippen LogP contribution in [0.3, 0.4) is 0 Å². The van der Waals surface area contributed by atoms with Crippen LogP contribution in [0.2, 0.25) is 0 Å². The average Bonchev–Trinajstić information content (AvgIpc) is 2.27. The lowest BCUT2D eigenvalue weighted by Crippen LogP contribution is -2.51. The Morgan fingerprint density at radius 1 is 1.27 bits per heavy atom. The summed E-state index contributed by atoms with van der Waals surface area (Å²) in [6, 6.07) is 0.556. The van der Waals surface area contributed by atoms with Crippen molar-refractivity contribution in [2.45, 2.75) is 56.3 Å². The maximum atomic E-state index is 12.0. The zero-order valence-corrected chi connectivity index (χ0v) is 11.0. The molecular formula is C12H20BrNO. The summed E-state index contributed by atoms with van der Waals surface area (Å²) in [5, 5.41) is 0. The molecule has 86 valence electrons. The number of alkyl halides is 1. The van der Waals surface area contributed by atoms with Crippen LogP contribution in [0.1, 0.15) is 45.4 Å². The molecule has 3 atom stereocenters. The Labute approximate surface area is 101 Å². The van der Waals surface area contributed by atoms with Gasteiger partial charge in [-0.2, -0.15) is 0 Å². The molecule has 0 aromatic rings. The minimum Gasteiger partial charge on any atom is -0.338 e. The van der Waals surface area contributed by atoms with Gasteiger partial charge in [0.2, 0.25) is 5.91 Å². The SMILES string of the molecule is CC(Br)C(=O)N1CCC[C@H]2CCCC[C@H]21. The van der Waals surface area contributed by atoms with Gasteiger partial charge in [-0.25, -0.2) is 0 Å². The first-order chi connectivity index (χ1) is 7.20. The quantitative estimate of drug-likeness (QED) is 0.673. The largest absolute Gasteiger partial charge is 0.338 e. The van der Waals surface area contributed by atoms with E-state index in [-0.39, 0.29) is 4.83 Å². The zero-order chi connectivity index (χ0) is 10.8. The first-order valence-corrected chi connectivity index (χ1v) is 7.06. The van der Waals surface area contributed by atoms with E-state index >= 15 is 0 Å². The van der Waals surface area contributed by atoms with Gasteiger partial charge >= 0.3 is 0 Å². The third-order valence-electron chi connectivity index (χ3n) is 3.87. The third kappa shape index (κ3) is 2.38. The second kappa shape index (κ2) is 4.86. The van der Waals surface area contributed by atoms with Crippen LogP contribution in [0.4, 0.5) is 0 Å².